The second kappa shape index (κ2) is 9.84. The average molecular weight is 532 g/mol. The largest absolute Gasteiger partial charge is 0.442 e. The highest BCUT2D eigenvalue weighted by molar-refractivity contribution is 6.07. The number of rotatable bonds is 6. The van der Waals surface area contributed by atoms with Crippen LogP contribution in [0.5, 0.6) is 0 Å². The molecule has 9 nitrogen and oxygen atoms in total. The van der Waals surface area contributed by atoms with E-state index >= 15 is 0 Å². The zero-order valence-corrected chi connectivity index (χ0v) is 23.1. The molecule has 1 unspecified atom stereocenters. The maximum absolute atomic E-state index is 14.1. The van der Waals surface area contributed by atoms with Gasteiger partial charge in [0.2, 0.25) is 5.91 Å². The van der Waals surface area contributed by atoms with Crippen LogP contribution >= 0.6 is 0 Å². The molecule has 3 aliphatic rings. The molecule has 9 heteroatoms. The number of likely N-dealkylation sites (tertiary alicyclic amines) is 1. The summed E-state index contributed by atoms with van der Waals surface area (Å²) in [6.07, 6.45) is 9.18. The summed E-state index contributed by atoms with van der Waals surface area (Å²) in [5.41, 5.74) is 3.08. The molecule has 3 aromatic rings. The third-order valence-electron chi connectivity index (χ3n) is 8.02. The Kier molecular flexibility index (Phi) is 6.47. The molecule has 2 amide bonds. The molecular weight excluding hydrogens is 494 g/mol. The molecule has 206 valence electrons. The van der Waals surface area contributed by atoms with Crippen LogP contribution in [0.15, 0.2) is 36.7 Å². The first-order chi connectivity index (χ1) is 18.7. The number of ether oxygens (including phenoxy) is 1. The number of hydrogen-bond donors (Lipinski definition) is 0. The second-order valence-electron chi connectivity index (χ2n) is 12.1. The van der Waals surface area contributed by atoms with Crippen LogP contribution in [-0.2, 0) is 28.9 Å². The van der Waals surface area contributed by atoms with Crippen molar-refractivity contribution in [2.75, 3.05) is 13.1 Å². The molecule has 1 atom stereocenters. The topological polar surface area (TPSA) is 89.7 Å². The number of amides is 2. The van der Waals surface area contributed by atoms with E-state index in [-0.39, 0.29) is 23.9 Å². The lowest BCUT2D eigenvalue weighted by Crippen LogP contribution is -2.44. The van der Waals surface area contributed by atoms with E-state index in [2.05, 4.69) is 20.6 Å². The van der Waals surface area contributed by atoms with Gasteiger partial charge in [-0.1, -0.05) is 6.07 Å². The van der Waals surface area contributed by atoms with Gasteiger partial charge in [0.05, 0.1) is 5.69 Å². The average Bonchev–Trinajstić information content (AvgIpc) is 3.29. The van der Waals surface area contributed by atoms with Crippen LogP contribution in [0.2, 0.25) is 0 Å². The zero-order chi connectivity index (χ0) is 27.3. The Labute approximate surface area is 228 Å². The number of aromatic nitrogens is 3. The van der Waals surface area contributed by atoms with Crippen molar-refractivity contribution >= 4 is 28.8 Å². The summed E-state index contributed by atoms with van der Waals surface area (Å²) in [6.45, 7) is 7.76. The second-order valence-corrected chi connectivity index (χ2v) is 12.1. The van der Waals surface area contributed by atoms with Crippen molar-refractivity contribution < 1.29 is 19.1 Å². The molecule has 1 aliphatic heterocycles. The van der Waals surface area contributed by atoms with Crippen molar-refractivity contribution in [3.63, 3.8) is 0 Å². The summed E-state index contributed by atoms with van der Waals surface area (Å²) in [5, 5.41) is 5.45. The maximum atomic E-state index is 14.1. The van der Waals surface area contributed by atoms with Gasteiger partial charge in [0.1, 0.15) is 5.60 Å². The molecule has 0 N–H and O–H groups in total. The van der Waals surface area contributed by atoms with Crippen LogP contribution in [0.4, 0.5) is 4.79 Å². The highest BCUT2D eigenvalue weighted by atomic mass is 16.6. The third kappa shape index (κ3) is 5.18. The standard InChI is InChI=1S/C30H37N5O4/c1-30(2,3)39-29(38)34-19-20-18-22(11-12-25(20)31-34)35(21-9-10-21)28(37)24-6-4-7-26-23(24)13-15-32(26)16-17-33-14-5-8-27(33)36/h4,6-7,13,15,19,21-22H,5,8-12,14,16-18H2,1-3H3. The Morgan fingerprint density at radius 1 is 1.08 bits per heavy atom. The predicted molar refractivity (Wildman–Crippen MR) is 147 cm³/mol. The molecule has 1 saturated carbocycles. The number of carbonyl (C=O) groups is 3. The minimum atomic E-state index is -0.590. The summed E-state index contributed by atoms with van der Waals surface area (Å²) < 4.78 is 8.95. The van der Waals surface area contributed by atoms with Crippen LogP contribution in [0.1, 0.15) is 74.5 Å². The maximum Gasteiger partial charge on any atom is 0.435 e. The number of fused-ring (bicyclic) bond motifs is 2. The van der Waals surface area contributed by atoms with Crippen LogP contribution in [0, 0.1) is 0 Å². The highest BCUT2D eigenvalue weighted by Crippen LogP contribution is 2.36. The lowest BCUT2D eigenvalue weighted by Gasteiger charge is -2.34. The van der Waals surface area contributed by atoms with Crippen molar-refractivity contribution in [3.8, 4) is 0 Å². The molecule has 2 aromatic heterocycles. The fourth-order valence-electron chi connectivity index (χ4n) is 6.02. The van der Waals surface area contributed by atoms with Gasteiger partial charge in [-0.2, -0.15) is 9.78 Å². The van der Waals surface area contributed by atoms with Gasteiger partial charge in [0.15, 0.2) is 0 Å². The van der Waals surface area contributed by atoms with Gasteiger partial charge in [0, 0.05) is 67.0 Å². The van der Waals surface area contributed by atoms with E-state index < -0.39 is 11.7 Å². The number of nitrogens with zero attached hydrogens (tertiary/aromatic N) is 5. The molecule has 0 bridgehead atoms. The molecule has 0 spiro atoms. The molecule has 0 radical (unpaired) electrons. The van der Waals surface area contributed by atoms with E-state index in [9.17, 15) is 14.4 Å². The first kappa shape index (κ1) is 25.6. The van der Waals surface area contributed by atoms with Gasteiger partial charge in [-0.15, -0.1) is 0 Å². The molecule has 1 saturated heterocycles. The monoisotopic (exact) mass is 531 g/mol. The molecule has 3 heterocycles. The summed E-state index contributed by atoms with van der Waals surface area (Å²) in [7, 11) is 0. The number of carbonyl (C=O) groups excluding carboxylic acids is 3. The van der Waals surface area contributed by atoms with Gasteiger partial charge in [-0.05, 0) is 83.1 Å². The van der Waals surface area contributed by atoms with Crippen LogP contribution in [0.3, 0.4) is 0 Å². The van der Waals surface area contributed by atoms with E-state index in [1.165, 1.54) is 4.68 Å². The first-order valence-electron chi connectivity index (χ1n) is 14.2. The number of hydrogen-bond acceptors (Lipinski definition) is 5. The molecule has 39 heavy (non-hydrogen) atoms. The van der Waals surface area contributed by atoms with Crippen LogP contribution in [0.25, 0.3) is 10.9 Å². The van der Waals surface area contributed by atoms with Crippen molar-refractivity contribution in [2.24, 2.45) is 0 Å². The summed E-state index contributed by atoms with van der Waals surface area (Å²) in [5.74, 6) is 0.304. The highest BCUT2D eigenvalue weighted by Gasteiger charge is 2.40. The van der Waals surface area contributed by atoms with E-state index in [1.54, 1.807) is 6.20 Å². The fourth-order valence-corrected chi connectivity index (χ4v) is 6.02. The predicted octanol–water partition coefficient (Wildman–Crippen LogP) is 4.41. The lowest BCUT2D eigenvalue weighted by atomic mass is 9.91. The number of aryl methyl sites for hydroxylation is 1. The molecular formula is C30H37N5O4. The van der Waals surface area contributed by atoms with Gasteiger partial charge in [-0.25, -0.2) is 4.79 Å². The Morgan fingerprint density at radius 2 is 1.90 bits per heavy atom. The van der Waals surface area contributed by atoms with E-state index in [1.807, 2.05) is 50.1 Å². The normalized spacial score (nSPS) is 19.4. The summed E-state index contributed by atoms with van der Waals surface area (Å²) >= 11 is 0. The van der Waals surface area contributed by atoms with E-state index in [0.717, 1.165) is 66.4 Å². The number of benzene rings is 1. The zero-order valence-electron chi connectivity index (χ0n) is 23.1. The van der Waals surface area contributed by atoms with Crippen molar-refractivity contribution in [1.29, 1.82) is 0 Å². The van der Waals surface area contributed by atoms with Gasteiger partial charge in [0.25, 0.3) is 5.91 Å². The molecule has 6 rings (SSSR count). The summed E-state index contributed by atoms with van der Waals surface area (Å²) in [6, 6.07) is 8.29. The van der Waals surface area contributed by atoms with Gasteiger partial charge >= 0.3 is 6.09 Å². The fraction of sp³-hybridized carbons (Fsp3) is 0.533. The Bertz CT molecular complexity index is 1430. The Morgan fingerprint density at radius 3 is 2.62 bits per heavy atom. The third-order valence-corrected chi connectivity index (χ3v) is 8.02. The molecule has 2 aliphatic carbocycles. The van der Waals surface area contributed by atoms with Gasteiger partial charge in [-0.3, -0.25) is 9.59 Å². The minimum absolute atomic E-state index is 0.0623. The quantitative estimate of drug-likeness (QED) is 0.470. The van der Waals surface area contributed by atoms with Gasteiger partial charge < -0.3 is 19.1 Å². The van der Waals surface area contributed by atoms with E-state index in [0.29, 0.717) is 25.9 Å². The minimum Gasteiger partial charge on any atom is -0.442 e. The smallest absolute Gasteiger partial charge is 0.435 e. The van der Waals surface area contributed by atoms with Crippen molar-refractivity contribution in [1.82, 2.24) is 24.1 Å². The molecule has 1 aromatic carbocycles. The van der Waals surface area contributed by atoms with E-state index in [4.69, 9.17) is 4.74 Å². The van der Waals surface area contributed by atoms with Crippen molar-refractivity contribution in [3.05, 3.63) is 53.5 Å². The molecule has 2 fully saturated rings. The van der Waals surface area contributed by atoms with Crippen LogP contribution in [-0.4, -0.2) is 72.8 Å². The van der Waals surface area contributed by atoms with Crippen LogP contribution < -0.4 is 0 Å². The van der Waals surface area contributed by atoms with Crippen molar-refractivity contribution in [2.45, 2.75) is 89.9 Å². The SMILES string of the molecule is CC(C)(C)OC(=O)n1cc2c(n1)CCC(N(C(=O)c1cccc3c1ccn3CCN1CCCC1=O)C1CC1)C2. The first-order valence-corrected chi connectivity index (χ1v) is 14.2. The Balaban J connectivity index is 1.21. The Hall–Kier alpha value is -3.62. The summed E-state index contributed by atoms with van der Waals surface area (Å²) in [4.78, 5) is 42.7. The lowest BCUT2D eigenvalue weighted by molar-refractivity contribution is -0.127.